The Hall–Kier alpha value is -2.71. The lowest BCUT2D eigenvalue weighted by Crippen LogP contribution is -2.34. The zero-order valence-corrected chi connectivity index (χ0v) is 27.4. The number of nitrogens with zero attached hydrogens (tertiary/aromatic N) is 1. The summed E-state index contributed by atoms with van der Waals surface area (Å²) in [6.07, 6.45) is 4.75. The van der Waals surface area contributed by atoms with E-state index in [0.717, 1.165) is 38.8 Å². The summed E-state index contributed by atoms with van der Waals surface area (Å²) in [5.74, 6) is 0.829. The Kier molecular flexibility index (Phi) is 6.34. The maximum absolute atomic E-state index is 6.82. The van der Waals surface area contributed by atoms with Gasteiger partial charge >= 0.3 is 0 Å². The van der Waals surface area contributed by atoms with Gasteiger partial charge in [0.2, 0.25) is 5.88 Å². The van der Waals surface area contributed by atoms with Crippen molar-refractivity contribution in [3.8, 4) is 0 Å². The molecule has 0 radical (unpaired) electrons. The average molecular weight is 568 g/mol. The Balaban J connectivity index is 1.61. The van der Waals surface area contributed by atoms with Gasteiger partial charge in [-0.05, 0) is 131 Å². The van der Waals surface area contributed by atoms with Crippen LogP contribution in [0.1, 0.15) is 114 Å². The summed E-state index contributed by atoms with van der Waals surface area (Å²) in [4.78, 5) is 2.29. The number of aryl methyl sites for hydroxylation is 2. The van der Waals surface area contributed by atoms with Crippen LogP contribution in [-0.2, 0) is 21.7 Å². The van der Waals surface area contributed by atoms with E-state index in [1.165, 1.54) is 53.5 Å². The summed E-state index contributed by atoms with van der Waals surface area (Å²) < 4.78 is 6.82. The van der Waals surface area contributed by atoms with E-state index in [1.807, 2.05) is 6.07 Å². The van der Waals surface area contributed by atoms with Gasteiger partial charge in [-0.1, -0.05) is 73.1 Å². The van der Waals surface area contributed by atoms with Crippen molar-refractivity contribution in [3.63, 3.8) is 0 Å². The Morgan fingerprint density at radius 3 is 1.68 bits per heavy atom. The molecule has 0 saturated heterocycles. The van der Waals surface area contributed by atoms with Crippen LogP contribution >= 0.6 is 11.6 Å². The van der Waals surface area contributed by atoms with Crippen LogP contribution < -0.4 is 4.90 Å². The molecule has 41 heavy (non-hydrogen) atoms. The molecule has 1 aromatic heterocycles. The summed E-state index contributed by atoms with van der Waals surface area (Å²) in [6, 6.07) is 18.1. The topological polar surface area (TPSA) is 16.4 Å². The summed E-state index contributed by atoms with van der Waals surface area (Å²) in [6.45, 7) is 23.4. The molecule has 0 spiro atoms. The summed E-state index contributed by atoms with van der Waals surface area (Å²) in [7, 11) is 0. The van der Waals surface area contributed by atoms with Gasteiger partial charge in [-0.3, -0.25) is 4.90 Å². The van der Waals surface area contributed by atoms with Crippen LogP contribution in [-0.4, -0.2) is 0 Å². The molecular weight excluding hydrogens is 522 g/mol. The van der Waals surface area contributed by atoms with Crippen molar-refractivity contribution >= 4 is 39.8 Å². The molecule has 2 aliphatic rings. The zero-order valence-electron chi connectivity index (χ0n) is 26.7. The molecule has 0 bridgehead atoms. The van der Waals surface area contributed by atoms with Crippen molar-refractivity contribution in [2.75, 3.05) is 4.90 Å². The van der Waals surface area contributed by atoms with E-state index in [9.17, 15) is 0 Å². The lowest BCUT2D eigenvalue weighted by Gasteiger charge is -2.43. The lowest BCUT2D eigenvalue weighted by atomic mass is 9.63. The molecule has 4 aromatic rings. The van der Waals surface area contributed by atoms with Gasteiger partial charge in [0.1, 0.15) is 5.58 Å². The van der Waals surface area contributed by atoms with Gasteiger partial charge in [0, 0.05) is 16.5 Å². The molecule has 2 aliphatic carbocycles. The van der Waals surface area contributed by atoms with Crippen LogP contribution in [0.25, 0.3) is 11.0 Å². The Morgan fingerprint density at radius 1 is 0.610 bits per heavy atom. The predicted molar refractivity (Wildman–Crippen MR) is 176 cm³/mol. The molecule has 3 aromatic carbocycles. The largest absolute Gasteiger partial charge is 0.440 e. The molecule has 0 unspecified atom stereocenters. The van der Waals surface area contributed by atoms with Crippen LogP contribution in [0.15, 0.2) is 52.9 Å². The van der Waals surface area contributed by atoms with E-state index in [0.29, 0.717) is 0 Å². The average Bonchev–Trinajstić information content (AvgIpc) is 3.27. The highest BCUT2D eigenvalue weighted by Crippen LogP contribution is 2.51. The third-order valence-electron chi connectivity index (χ3n) is 10.4. The Labute approximate surface area is 252 Å². The van der Waals surface area contributed by atoms with Crippen LogP contribution in [0.2, 0.25) is 5.02 Å². The van der Waals surface area contributed by atoms with Crippen molar-refractivity contribution in [1.29, 1.82) is 0 Å². The molecule has 1 heterocycles. The molecule has 0 atom stereocenters. The van der Waals surface area contributed by atoms with Crippen LogP contribution in [0.4, 0.5) is 17.3 Å². The number of hydrogen-bond donors (Lipinski definition) is 0. The van der Waals surface area contributed by atoms with Crippen molar-refractivity contribution in [2.45, 2.75) is 117 Å². The highest BCUT2D eigenvalue weighted by Gasteiger charge is 2.39. The normalized spacial score (nSPS) is 20.0. The second-order valence-corrected chi connectivity index (χ2v) is 16.0. The number of rotatable bonds is 3. The smallest absolute Gasteiger partial charge is 0.205 e. The van der Waals surface area contributed by atoms with Crippen molar-refractivity contribution < 1.29 is 4.42 Å². The summed E-state index contributed by atoms with van der Waals surface area (Å²) >= 11 is 6.68. The minimum absolute atomic E-state index is 0.104. The Morgan fingerprint density at radius 2 is 1.12 bits per heavy atom. The SMILES string of the molecule is Cc1cc(Cl)cc(N(c2cc3cc4c(cc3o2)C(C)(C)CCC4(C)C)c2cc3c(cc2C)C(C)(C)CCC3(C)C)c1. The van der Waals surface area contributed by atoms with E-state index in [-0.39, 0.29) is 21.7 Å². The minimum atomic E-state index is 0.104. The van der Waals surface area contributed by atoms with Crippen LogP contribution in [0.3, 0.4) is 0 Å². The number of anilines is 3. The molecule has 0 aliphatic heterocycles. The van der Waals surface area contributed by atoms with E-state index in [4.69, 9.17) is 16.0 Å². The highest BCUT2D eigenvalue weighted by atomic mass is 35.5. The first kappa shape index (κ1) is 28.4. The lowest BCUT2D eigenvalue weighted by molar-refractivity contribution is 0.332. The standard InChI is InChI=1S/C38H46ClNO/c1-23-15-26(39)20-27(16-23)40(32-21-30-28(17-24(32)2)35(3,4)11-13-37(30,7)8)34-19-25-18-29-31(22-33(25)41-34)38(9,10)14-12-36(29,5)6/h15-22H,11-14H2,1-10H3. The molecule has 0 N–H and O–H groups in total. The quantitative estimate of drug-likeness (QED) is 0.245. The third-order valence-corrected chi connectivity index (χ3v) is 10.6. The molecule has 0 fully saturated rings. The second kappa shape index (κ2) is 9.14. The third kappa shape index (κ3) is 4.71. The predicted octanol–water partition coefficient (Wildman–Crippen LogP) is 11.9. The number of benzene rings is 3. The Bertz CT molecular complexity index is 1610. The first-order valence-corrected chi connectivity index (χ1v) is 15.7. The summed E-state index contributed by atoms with van der Waals surface area (Å²) in [5.41, 5.74) is 11.8. The van der Waals surface area contributed by atoms with E-state index in [2.05, 4.69) is 117 Å². The van der Waals surface area contributed by atoms with Gasteiger partial charge in [0.25, 0.3) is 0 Å². The molecule has 0 saturated carbocycles. The molecule has 2 nitrogen and oxygen atoms in total. The van der Waals surface area contributed by atoms with Crippen molar-refractivity contribution in [1.82, 2.24) is 0 Å². The van der Waals surface area contributed by atoms with Gasteiger partial charge in [-0.25, -0.2) is 0 Å². The fourth-order valence-electron chi connectivity index (χ4n) is 7.38. The monoisotopic (exact) mass is 567 g/mol. The maximum atomic E-state index is 6.82. The molecule has 216 valence electrons. The van der Waals surface area contributed by atoms with Gasteiger partial charge < -0.3 is 4.42 Å². The van der Waals surface area contributed by atoms with Crippen LogP contribution in [0, 0.1) is 13.8 Å². The number of fused-ring (bicyclic) bond motifs is 3. The molecule has 3 heteroatoms. The minimum Gasteiger partial charge on any atom is -0.440 e. The van der Waals surface area contributed by atoms with Crippen molar-refractivity contribution in [2.24, 2.45) is 0 Å². The first-order chi connectivity index (χ1) is 19.0. The van der Waals surface area contributed by atoms with Gasteiger partial charge in [0.15, 0.2) is 0 Å². The number of hydrogen-bond acceptors (Lipinski definition) is 2. The van der Waals surface area contributed by atoms with Gasteiger partial charge in [-0.15, -0.1) is 0 Å². The zero-order chi connectivity index (χ0) is 29.7. The number of halogens is 1. The summed E-state index contributed by atoms with van der Waals surface area (Å²) in [5, 5.41) is 1.89. The molecular formula is C38H46ClNO. The van der Waals surface area contributed by atoms with Gasteiger partial charge in [-0.2, -0.15) is 0 Å². The van der Waals surface area contributed by atoms with E-state index in [1.54, 1.807) is 0 Å². The maximum Gasteiger partial charge on any atom is 0.205 e. The highest BCUT2D eigenvalue weighted by molar-refractivity contribution is 6.31. The van der Waals surface area contributed by atoms with Crippen molar-refractivity contribution in [3.05, 3.63) is 86.9 Å². The fourth-order valence-corrected chi connectivity index (χ4v) is 7.66. The van der Waals surface area contributed by atoms with Crippen LogP contribution in [0.5, 0.6) is 0 Å². The number of furan rings is 1. The van der Waals surface area contributed by atoms with E-state index < -0.39 is 0 Å². The van der Waals surface area contributed by atoms with E-state index >= 15 is 0 Å². The molecule has 6 rings (SSSR count). The first-order valence-electron chi connectivity index (χ1n) is 15.3. The fraction of sp³-hybridized carbons (Fsp3) is 0.474. The second-order valence-electron chi connectivity index (χ2n) is 15.6. The molecule has 0 amide bonds. The van der Waals surface area contributed by atoms with Gasteiger partial charge in [0.05, 0.1) is 11.4 Å².